The summed E-state index contributed by atoms with van der Waals surface area (Å²) in [6.07, 6.45) is 4.99. The van der Waals surface area contributed by atoms with E-state index < -0.39 is 6.04 Å². The maximum Gasteiger partial charge on any atom is 0.238 e. The summed E-state index contributed by atoms with van der Waals surface area (Å²) in [6.45, 7) is 7.66. The largest absolute Gasteiger partial charge is 0.377 e. The van der Waals surface area contributed by atoms with Crippen LogP contribution in [0.2, 0.25) is 0 Å². The number of benzene rings is 1. The summed E-state index contributed by atoms with van der Waals surface area (Å²) in [4.78, 5) is 17.4. The lowest BCUT2D eigenvalue weighted by atomic mass is 9.93. The van der Waals surface area contributed by atoms with Gasteiger partial charge >= 0.3 is 0 Å². The van der Waals surface area contributed by atoms with E-state index in [1.54, 1.807) is 12.1 Å². The number of carbonyl (C=O) groups is 1. The Morgan fingerprint density at radius 3 is 2.74 bits per heavy atom. The van der Waals surface area contributed by atoms with Gasteiger partial charge in [-0.3, -0.25) is 9.69 Å². The molecule has 1 saturated carbocycles. The Hall–Kier alpha value is -2.21. The first-order valence-corrected chi connectivity index (χ1v) is 12.8. The van der Waals surface area contributed by atoms with E-state index in [0.717, 1.165) is 70.7 Å². The van der Waals surface area contributed by atoms with Crippen molar-refractivity contribution >= 4 is 11.6 Å². The maximum absolute atomic E-state index is 15.0. The van der Waals surface area contributed by atoms with Gasteiger partial charge in [-0.15, -0.1) is 0 Å². The highest BCUT2D eigenvalue weighted by atomic mass is 19.1. The number of piperazine rings is 1. The molecule has 6 atom stereocenters. The fourth-order valence-electron chi connectivity index (χ4n) is 6.30. The zero-order valence-electron chi connectivity index (χ0n) is 20.0. The number of ether oxygens (including phenoxy) is 1. The van der Waals surface area contributed by atoms with Crippen LogP contribution in [0.4, 0.5) is 10.1 Å². The molecule has 1 aliphatic carbocycles. The molecule has 0 radical (unpaired) electrons. The van der Waals surface area contributed by atoms with Gasteiger partial charge in [0.25, 0.3) is 0 Å². The van der Waals surface area contributed by atoms with Crippen LogP contribution in [-0.2, 0) is 16.0 Å². The zero-order chi connectivity index (χ0) is 23.7. The Balaban J connectivity index is 1.14. The SMILES string of the molecule is C[C@H]1[C@@H]2CC[C@H]1N[C@@H]2C(=O)N[C@H](C#N)Cc1ccc(N2CCN(CC3CCCO3)CC2)cc1F. The van der Waals surface area contributed by atoms with Crippen LogP contribution in [-0.4, -0.2) is 74.4 Å². The first kappa shape index (κ1) is 23.5. The molecule has 5 rings (SSSR count). The van der Waals surface area contributed by atoms with Gasteiger partial charge in [-0.05, 0) is 55.2 Å². The lowest BCUT2D eigenvalue weighted by Gasteiger charge is -2.37. The van der Waals surface area contributed by atoms with E-state index in [-0.39, 0.29) is 24.2 Å². The summed E-state index contributed by atoms with van der Waals surface area (Å²) in [5.41, 5.74) is 1.33. The van der Waals surface area contributed by atoms with Crippen molar-refractivity contribution in [1.82, 2.24) is 15.5 Å². The van der Waals surface area contributed by atoms with E-state index >= 15 is 0 Å². The topological polar surface area (TPSA) is 80.6 Å². The van der Waals surface area contributed by atoms with Crippen molar-refractivity contribution < 1.29 is 13.9 Å². The van der Waals surface area contributed by atoms with Gasteiger partial charge in [0.05, 0.1) is 18.2 Å². The number of fused-ring (bicyclic) bond motifs is 2. The van der Waals surface area contributed by atoms with Crippen molar-refractivity contribution in [3.05, 3.63) is 29.6 Å². The van der Waals surface area contributed by atoms with Crippen LogP contribution in [0.3, 0.4) is 0 Å². The van der Waals surface area contributed by atoms with Gasteiger partial charge in [-0.1, -0.05) is 13.0 Å². The van der Waals surface area contributed by atoms with Crippen molar-refractivity contribution in [2.24, 2.45) is 11.8 Å². The Morgan fingerprint density at radius 2 is 2.12 bits per heavy atom. The summed E-state index contributed by atoms with van der Waals surface area (Å²) in [7, 11) is 0. The lowest BCUT2D eigenvalue weighted by Crippen LogP contribution is -2.50. The number of rotatable bonds is 7. The first-order valence-electron chi connectivity index (χ1n) is 12.8. The van der Waals surface area contributed by atoms with Gasteiger partial charge in [0.2, 0.25) is 5.91 Å². The zero-order valence-corrected chi connectivity index (χ0v) is 20.0. The number of hydrogen-bond acceptors (Lipinski definition) is 6. The minimum atomic E-state index is -0.745. The van der Waals surface area contributed by atoms with E-state index in [1.807, 2.05) is 6.07 Å². The number of nitriles is 1. The molecule has 1 unspecified atom stereocenters. The monoisotopic (exact) mass is 469 g/mol. The Morgan fingerprint density at radius 1 is 1.29 bits per heavy atom. The van der Waals surface area contributed by atoms with Crippen molar-refractivity contribution in [1.29, 1.82) is 5.26 Å². The van der Waals surface area contributed by atoms with Crippen molar-refractivity contribution in [3.8, 4) is 6.07 Å². The van der Waals surface area contributed by atoms with Gasteiger partial charge in [-0.25, -0.2) is 4.39 Å². The highest BCUT2D eigenvalue weighted by Crippen LogP contribution is 2.40. The molecule has 2 bridgehead atoms. The third-order valence-corrected chi connectivity index (χ3v) is 8.38. The van der Waals surface area contributed by atoms with Crippen molar-refractivity contribution in [2.45, 2.75) is 63.3 Å². The van der Waals surface area contributed by atoms with Gasteiger partial charge in [0.1, 0.15) is 11.9 Å². The quantitative estimate of drug-likeness (QED) is 0.637. The molecule has 3 aliphatic heterocycles. The first-order chi connectivity index (χ1) is 16.5. The molecule has 1 aromatic rings. The van der Waals surface area contributed by atoms with Crippen LogP contribution in [0.25, 0.3) is 0 Å². The molecule has 0 spiro atoms. The molecule has 8 heteroatoms. The Bertz CT molecular complexity index is 922. The molecular weight excluding hydrogens is 433 g/mol. The van der Waals surface area contributed by atoms with Crippen molar-refractivity contribution in [2.75, 3.05) is 44.2 Å². The average molecular weight is 470 g/mol. The van der Waals surface area contributed by atoms with E-state index in [2.05, 4.69) is 33.4 Å². The molecular formula is C26H36FN5O2. The standard InChI is InChI=1S/C26H36FN5O2/c1-17-22-6-7-24(17)30-25(22)26(33)29-19(15-28)13-18-4-5-20(14-23(18)27)32-10-8-31(9-11-32)16-21-3-2-12-34-21/h4-5,14,17,19,21-22,24-25,30H,2-3,6-13,16H2,1H3,(H,29,33)/t17-,19-,21?,22-,24+,25-/m0/s1. The number of halogens is 1. The number of nitrogens with zero attached hydrogens (tertiary/aromatic N) is 3. The number of hydrogen-bond donors (Lipinski definition) is 2. The normalized spacial score (nSPS) is 32.0. The molecule has 2 N–H and O–H groups in total. The van der Waals surface area contributed by atoms with Crippen LogP contribution in [0.1, 0.15) is 38.2 Å². The number of amides is 1. The molecule has 184 valence electrons. The summed E-state index contributed by atoms with van der Waals surface area (Å²) in [5.74, 6) is 0.356. The second-order valence-corrected chi connectivity index (χ2v) is 10.4. The smallest absolute Gasteiger partial charge is 0.238 e. The van der Waals surface area contributed by atoms with E-state index in [9.17, 15) is 14.4 Å². The number of carbonyl (C=O) groups excluding carboxylic acids is 1. The molecule has 7 nitrogen and oxygen atoms in total. The van der Waals surface area contributed by atoms with Gasteiger partial charge in [0.15, 0.2) is 0 Å². The van der Waals surface area contributed by atoms with Crippen molar-refractivity contribution in [3.63, 3.8) is 0 Å². The molecule has 34 heavy (non-hydrogen) atoms. The molecule has 3 heterocycles. The fourth-order valence-corrected chi connectivity index (χ4v) is 6.30. The van der Waals surface area contributed by atoms with Crippen LogP contribution >= 0.6 is 0 Å². The van der Waals surface area contributed by atoms with E-state index in [0.29, 0.717) is 29.5 Å². The lowest BCUT2D eigenvalue weighted by molar-refractivity contribution is -0.124. The van der Waals surface area contributed by atoms with E-state index in [1.165, 1.54) is 0 Å². The predicted octanol–water partition coefficient (Wildman–Crippen LogP) is 2.06. The summed E-state index contributed by atoms with van der Waals surface area (Å²) < 4.78 is 20.7. The predicted molar refractivity (Wildman–Crippen MR) is 128 cm³/mol. The number of nitrogens with one attached hydrogen (secondary N) is 2. The summed E-state index contributed by atoms with van der Waals surface area (Å²) >= 11 is 0. The minimum absolute atomic E-state index is 0.136. The summed E-state index contributed by atoms with van der Waals surface area (Å²) in [5, 5.41) is 15.9. The third-order valence-electron chi connectivity index (χ3n) is 8.38. The Kier molecular flexibility index (Phi) is 7.05. The average Bonchev–Trinajstić information content (AvgIpc) is 3.57. The van der Waals surface area contributed by atoms with Crippen LogP contribution in [0, 0.1) is 29.0 Å². The number of piperidine rings is 1. The maximum atomic E-state index is 15.0. The van der Waals surface area contributed by atoms with Crippen LogP contribution in [0.15, 0.2) is 18.2 Å². The van der Waals surface area contributed by atoms with E-state index in [4.69, 9.17) is 4.74 Å². The molecule has 3 saturated heterocycles. The van der Waals surface area contributed by atoms with Crippen LogP contribution < -0.4 is 15.5 Å². The summed E-state index contributed by atoms with van der Waals surface area (Å²) in [6, 6.07) is 6.82. The van der Waals surface area contributed by atoms with Gasteiger partial charge < -0.3 is 20.3 Å². The Labute approximate surface area is 201 Å². The highest BCUT2D eigenvalue weighted by Gasteiger charge is 2.48. The van der Waals surface area contributed by atoms with Crippen LogP contribution in [0.5, 0.6) is 0 Å². The molecule has 4 fully saturated rings. The molecule has 4 aliphatic rings. The van der Waals surface area contributed by atoms with Gasteiger partial charge in [-0.2, -0.15) is 5.26 Å². The molecule has 0 aromatic heterocycles. The molecule has 1 aromatic carbocycles. The molecule has 1 amide bonds. The highest BCUT2D eigenvalue weighted by molar-refractivity contribution is 5.83. The fraction of sp³-hybridized carbons (Fsp3) is 0.692. The second-order valence-electron chi connectivity index (χ2n) is 10.4. The van der Waals surface area contributed by atoms with Gasteiger partial charge in [0, 0.05) is 57.5 Å². The second kappa shape index (κ2) is 10.2. The number of anilines is 1. The third kappa shape index (κ3) is 4.93. The minimum Gasteiger partial charge on any atom is -0.377 e.